The molecule has 28 heavy (non-hydrogen) atoms. The molecule has 6 heteroatoms. The van der Waals surface area contributed by atoms with Crippen molar-refractivity contribution in [3.8, 4) is 0 Å². The Kier molecular flexibility index (Phi) is 6.67. The Morgan fingerprint density at radius 3 is 2.14 bits per heavy atom. The summed E-state index contributed by atoms with van der Waals surface area (Å²) in [6, 6.07) is 7.11. The van der Waals surface area contributed by atoms with E-state index >= 15 is 0 Å². The number of hydrogen-bond acceptors (Lipinski definition) is 5. The van der Waals surface area contributed by atoms with Crippen LogP contribution < -0.4 is 0 Å². The van der Waals surface area contributed by atoms with Crippen LogP contribution in [0.1, 0.15) is 74.7 Å². The number of aryl methyl sites for hydroxylation is 2. The number of ether oxygens (including phenoxy) is 1. The van der Waals surface area contributed by atoms with Crippen molar-refractivity contribution in [1.29, 1.82) is 0 Å². The standard InChI is InChI=1S/C22H25NO5/c1-12-6-8-17(9-7-12)18(25)10-11-19(26)28-16(5)22(27)21-13(2)20(15(4)24)14(3)23-21/h6-9,16,23H,10-11H2,1-5H3/t16-/m0/s1. The van der Waals surface area contributed by atoms with Gasteiger partial charge in [-0.1, -0.05) is 29.8 Å². The number of carbonyl (C=O) groups excluding carboxylic acids is 4. The number of hydrogen-bond donors (Lipinski definition) is 1. The van der Waals surface area contributed by atoms with E-state index in [0.717, 1.165) is 5.56 Å². The first-order chi connectivity index (χ1) is 13.1. The molecular formula is C22H25NO5. The van der Waals surface area contributed by atoms with E-state index in [0.29, 0.717) is 22.4 Å². The number of benzene rings is 1. The predicted molar refractivity (Wildman–Crippen MR) is 105 cm³/mol. The molecule has 0 bridgehead atoms. The van der Waals surface area contributed by atoms with Gasteiger partial charge >= 0.3 is 5.97 Å². The van der Waals surface area contributed by atoms with Crippen LogP contribution in [0, 0.1) is 20.8 Å². The van der Waals surface area contributed by atoms with Gasteiger partial charge in [-0.05, 0) is 40.2 Å². The Balaban J connectivity index is 1.96. The van der Waals surface area contributed by atoms with Gasteiger partial charge in [0.1, 0.15) is 0 Å². The van der Waals surface area contributed by atoms with Gasteiger partial charge in [-0.2, -0.15) is 0 Å². The molecule has 1 aromatic carbocycles. The summed E-state index contributed by atoms with van der Waals surface area (Å²) in [5.74, 6) is -1.32. The van der Waals surface area contributed by atoms with Gasteiger partial charge in [-0.25, -0.2) is 0 Å². The number of aromatic amines is 1. The van der Waals surface area contributed by atoms with Crippen molar-refractivity contribution in [3.05, 3.63) is 57.9 Å². The van der Waals surface area contributed by atoms with E-state index in [1.54, 1.807) is 26.0 Å². The number of aromatic nitrogens is 1. The Hall–Kier alpha value is -3.02. The summed E-state index contributed by atoms with van der Waals surface area (Å²) in [6.45, 7) is 8.24. The Bertz CT molecular complexity index is 921. The minimum Gasteiger partial charge on any atom is -0.454 e. The summed E-state index contributed by atoms with van der Waals surface area (Å²) in [5.41, 5.74) is 3.48. The molecule has 1 heterocycles. The van der Waals surface area contributed by atoms with Crippen molar-refractivity contribution in [2.75, 3.05) is 0 Å². The van der Waals surface area contributed by atoms with E-state index in [4.69, 9.17) is 4.74 Å². The van der Waals surface area contributed by atoms with E-state index < -0.39 is 17.9 Å². The zero-order valence-corrected chi connectivity index (χ0v) is 16.8. The lowest BCUT2D eigenvalue weighted by molar-refractivity contribution is -0.146. The summed E-state index contributed by atoms with van der Waals surface area (Å²) in [6.07, 6.45) is -1.11. The average Bonchev–Trinajstić information content (AvgIpc) is 2.93. The highest BCUT2D eigenvalue weighted by Crippen LogP contribution is 2.20. The van der Waals surface area contributed by atoms with E-state index in [1.807, 2.05) is 19.1 Å². The van der Waals surface area contributed by atoms with Crippen LogP contribution in [0.5, 0.6) is 0 Å². The van der Waals surface area contributed by atoms with Crippen molar-refractivity contribution in [2.45, 2.75) is 53.6 Å². The lowest BCUT2D eigenvalue weighted by Gasteiger charge is -2.12. The van der Waals surface area contributed by atoms with Crippen LogP contribution in [0.15, 0.2) is 24.3 Å². The lowest BCUT2D eigenvalue weighted by atomic mass is 10.0. The summed E-state index contributed by atoms with van der Waals surface area (Å²) in [4.78, 5) is 51.4. The number of carbonyl (C=O) groups is 4. The van der Waals surface area contributed by atoms with Gasteiger partial charge in [-0.3, -0.25) is 19.2 Å². The highest BCUT2D eigenvalue weighted by molar-refractivity contribution is 6.05. The summed E-state index contributed by atoms with van der Waals surface area (Å²) < 4.78 is 5.19. The van der Waals surface area contributed by atoms with Gasteiger partial charge in [0, 0.05) is 23.2 Å². The van der Waals surface area contributed by atoms with Crippen LogP contribution in [0.4, 0.5) is 0 Å². The molecule has 0 amide bonds. The molecule has 148 valence electrons. The molecule has 0 fully saturated rings. The smallest absolute Gasteiger partial charge is 0.306 e. The zero-order chi connectivity index (χ0) is 21.0. The molecule has 1 atom stereocenters. The van der Waals surface area contributed by atoms with Gasteiger partial charge in [0.25, 0.3) is 0 Å². The highest BCUT2D eigenvalue weighted by Gasteiger charge is 2.26. The molecule has 1 N–H and O–H groups in total. The molecule has 0 spiro atoms. The highest BCUT2D eigenvalue weighted by atomic mass is 16.5. The van der Waals surface area contributed by atoms with Gasteiger partial charge in [-0.15, -0.1) is 0 Å². The second-order valence-electron chi connectivity index (χ2n) is 6.97. The average molecular weight is 383 g/mol. The molecule has 0 radical (unpaired) electrons. The Morgan fingerprint density at radius 1 is 1.00 bits per heavy atom. The van der Waals surface area contributed by atoms with Crippen LogP contribution in [0.3, 0.4) is 0 Å². The zero-order valence-electron chi connectivity index (χ0n) is 16.8. The second-order valence-corrected chi connectivity index (χ2v) is 6.97. The predicted octanol–water partition coefficient (Wildman–Crippen LogP) is 3.92. The molecule has 2 rings (SSSR count). The molecule has 0 aliphatic heterocycles. The number of Topliss-reactive ketones (excluding diaryl/α,β-unsaturated/α-hetero) is 3. The minimum atomic E-state index is -1.02. The molecule has 1 aromatic heterocycles. The van der Waals surface area contributed by atoms with Crippen molar-refractivity contribution >= 4 is 23.3 Å². The molecule has 0 aliphatic carbocycles. The van der Waals surface area contributed by atoms with Crippen LogP contribution in [0.2, 0.25) is 0 Å². The van der Waals surface area contributed by atoms with Gasteiger partial charge in [0.05, 0.1) is 12.1 Å². The van der Waals surface area contributed by atoms with Crippen molar-refractivity contribution in [1.82, 2.24) is 4.98 Å². The third-order valence-corrected chi connectivity index (χ3v) is 4.64. The van der Waals surface area contributed by atoms with Crippen molar-refractivity contribution in [2.24, 2.45) is 0 Å². The number of nitrogens with one attached hydrogen (secondary N) is 1. The lowest BCUT2D eigenvalue weighted by Crippen LogP contribution is -2.25. The molecule has 0 unspecified atom stereocenters. The minimum absolute atomic E-state index is 0.0118. The quantitative estimate of drug-likeness (QED) is 0.551. The molecule has 0 saturated heterocycles. The molecule has 0 saturated carbocycles. The maximum atomic E-state index is 12.6. The first kappa shape index (κ1) is 21.3. The van der Waals surface area contributed by atoms with Crippen LogP contribution >= 0.6 is 0 Å². The number of ketones is 3. The maximum Gasteiger partial charge on any atom is 0.306 e. The van der Waals surface area contributed by atoms with Gasteiger partial charge in [0.2, 0.25) is 5.78 Å². The molecule has 6 nitrogen and oxygen atoms in total. The van der Waals surface area contributed by atoms with Crippen LogP contribution in [-0.4, -0.2) is 34.4 Å². The first-order valence-corrected chi connectivity index (χ1v) is 9.15. The number of rotatable bonds is 8. The fourth-order valence-electron chi connectivity index (χ4n) is 3.14. The van der Waals surface area contributed by atoms with Gasteiger partial charge in [0.15, 0.2) is 17.7 Å². The van der Waals surface area contributed by atoms with Crippen LogP contribution in [0.25, 0.3) is 0 Å². The topological polar surface area (TPSA) is 93.3 Å². The summed E-state index contributed by atoms with van der Waals surface area (Å²) in [7, 11) is 0. The Morgan fingerprint density at radius 2 is 1.61 bits per heavy atom. The van der Waals surface area contributed by atoms with Crippen molar-refractivity contribution < 1.29 is 23.9 Å². The van der Waals surface area contributed by atoms with E-state index in [2.05, 4.69) is 4.98 Å². The maximum absolute atomic E-state index is 12.6. The fourth-order valence-corrected chi connectivity index (χ4v) is 3.14. The van der Waals surface area contributed by atoms with E-state index in [9.17, 15) is 19.2 Å². The Labute approximate surface area is 164 Å². The second kappa shape index (κ2) is 8.78. The van der Waals surface area contributed by atoms with E-state index in [-0.39, 0.29) is 30.1 Å². The molecular weight excluding hydrogens is 358 g/mol. The third-order valence-electron chi connectivity index (χ3n) is 4.64. The molecule has 0 aliphatic rings. The normalized spacial score (nSPS) is 11.8. The van der Waals surface area contributed by atoms with Crippen molar-refractivity contribution in [3.63, 3.8) is 0 Å². The SMILES string of the molecule is CC(=O)c1c(C)[nH]c(C(=O)[C@H](C)OC(=O)CCC(=O)c2ccc(C)cc2)c1C. The summed E-state index contributed by atoms with van der Waals surface area (Å²) in [5, 5.41) is 0. The van der Waals surface area contributed by atoms with Gasteiger partial charge < -0.3 is 9.72 Å². The van der Waals surface area contributed by atoms with E-state index in [1.165, 1.54) is 13.8 Å². The number of H-pyrrole nitrogens is 1. The first-order valence-electron chi connectivity index (χ1n) is 9.15. The number of esters is 1. The van der Waals surface area contributed by atoms with Crippen LogP contribution in [-0.2, 0) is 9.53 Å². The summed E-state index contributed by atoms with van der Waals surface area (Å²) >= 11 is 0. The fraction of sp³-hybridized carbons (Fsp3) is 0.364. The largest absolute Gasteiger partial charge is 0.454 e. The monoisotopic (exact) mass is 383 g/mol. The third kappa shape index (κ3) is 4.82. The molecule has 2 aromatic rings.